The summed E-state index contributed by atoms with van der Waals surface area (Å²) in [6.45, 7) is 1.54. The molecule has 188 valence electrons. The van der Waals surface area contributed by atoms with Gasteiger partial charge in [-0.2, -0.15) is 0 Å². The smallest absolute Gasteiger partial charge is 0.240 e. The fourth-order valence-electron chi connectivity index (χ4n) is 6.18. The molecule has 0 spiro atoms. The van der Waals surface area contributed by atoms with Crippen LogP contribution in [-0.4, -0.2) is 41.1 Å². The number of amides is 2. The van der Waals surface area contributed by atoms with Crippen LogP contribution in [0, 0.1) is 11.8 Å². The third kappa shape index (κ3) is 3.09. The van der Waals surface area contributed by atoms with E-state index in [2.05, 4.69) is 0 Å². The first-order chi connectivity index (χ1) is 18.4. The number of rotatable bonds is 4. The number of benzene rings is 3. The van der Waals surface area contributed by atoms with Crippen molar-refractivity contribution in [3.63, 3.8) is 0 Å². The summed E-state index contributed by atoms with van der Waals surface area (Å²) < 4.78 is 10.9. The molecule has 0 N–H and O–H groups in total. The van der Waals surface area contributed by atoms with Gasteiger partial charge in [0.2, 0.25) is 18.6 Å². The molecule has 38 heavy (non-hydrogen) atoms. The van der Waals surface area contributed by atoms with Gasteiger partial charge in [-0.1, -0.05) is 24.3 Å². The SMILES string of the molecule is CC(=O)c1ccc(N2C(=O)[C@@H]3[C@H](C2=O)C2c4ccccc4C=CN2[C@@H]3C(=O)c2ccc3c(c2)OCO3)cc1. The van der Waals surface area contributed by atoms with Crippen molar-refractivity contribution in [2.45, 2.75) is 19.0 Å². The zero-order chi connectivity index (χ0) is 26.1. The Morgan fingerprint density at radius 2 is 1.55 bits per heavy atom. The maximum absolute atomic E-state index is 14.1. The van der Waals surface area contributed by atoms with Crippen LogP contribution in [0.4, 0.5) is 5.69 Å². The number of hydrogen-bond acceptors (Lipinski definition) is 7. The van der Waals surface area contributed by atoms with E-state index >= 15 is 0 Å². The molecule has 4 atom stereocenters. The summed E-state index contributed by atoms with van der Waals surface area (Å²) in [5.41, 5.74) is 3.12. The molecular weight excluding hydrogens is 484 g/mol. The van der Waals surface area contributed by atoms with Crippen molar-refractivity contribution in [3.05, 3.63) is 95.2 Å². The predicted molar refractivity (Wildman–Crippen MR) is 137 cm³/mol. The minimum atomic E-state index is -0.882. The first kappa shape index (κ1) is 22.5. The first-order valence-corrected chi connectivity index (χ1v) is 12.4. The molecule has 3 aromatic carbocycles. The Hall–Kier alpha value is -4.72. The third-order valence-electron chi connectivity index (χ3n) is 7.92. The highest BCUT2D eigenvalue weighted by Crippen LogP contribution is 2.54. The van der Waals surface area contributed by atoms with Crippen molar-refractivity contribution in [2.75, 3.05) is 11.7 Å². The van der Waals surface area contributed by atoms with Gasteiger partial charge in [0, 0.05) is 17.3 Å². The lowest BCUT2D eigenvalue weighted by atomic mass is 9.83. The van der Waals surface area contributed by atoms with E-state index in [9.17, 15) is 19.2 Å². The van der Waals surface area contributed by atoms with Crippen LogP contribution in [0.25, 0.3) is 6.08 Å². The molecule has 3 aromatic rings. The summed E-state index contributed by atoms with van der Waals surface area (Å²) in [6.07, 6.45) is 3.74. The van der Waals surface area contributed by atoms with Gasteiger partial charge in [-0.05, 0) is 66.6 Å². The predicted octanol–water partition coefficient (Wildman–Crippen LogP) is 4.02. The van der Waals surface area contributed by atoms with E-state index in [1.165, 1.54) is 11.8 Å². The number of ether oxygens (including phenoxy) is 2. The monoisotopic (exact) mass is 506 g/mol. The second-order valence-corrected chi connectivity index (χ2v) is 9.88. The molecule has 0 aliphatic carbocycles. The first-order valence-electron chi connectivity index (χ1n) is 12.4. The van der Waals surface area contributed by atoms with Crippen molar-refractivity contribution in [1.29, 1.82) is 0 Å². The second-order valence-electron chi connectivity index (χ2n) is 9.88. The number of anilines is 1. The van der Waals surface area contributed by atoms with Crippen LogP contribution < -0.4 is 14.4 Å². The Kier molecular flexibility index (Phi) is 4.82. The van der Waals surface area contributed by atoms with Gasteiger partial charge in [0.1, 0.15) is 6.04 Å². The van der Waals surface area contributed by atoms with Gasteiger partial charge in [-0.25, -0.2) is 4.90 Å². The van der Waals surface area contributed by atoms with Crippen molar-refractivity contribution < 1.29 is 28.7 Å². The molecule has 4 heterocycles. The van der Waals surface area contributed by atoms with Crippen LogP contribution in [-0.2, 0) is 9.59 Å². The van der Waals surface area contributed by atoms with E-state index in [1.807, 2.05) is 41.4 Å². The largest absolute Gasteiger partial charge is 0.454 e. The van der Waals surface area contributed by atoms with E-state index in [-0.39, 0.29) is 24.3 Å². The highest BCUT2D eigenvalue weighted by Gasteiger charge is 2.64. The van der Waals surface area contributed by atoms with Crippen molar-refractivity contribution in [2.24, 2.45) is 11.8 Å². The summed E-state index contributed by atoms with van der Waals surface area (Å²) in [5.74, 6) is -1.74. The normalized spacial score (nSPS) is 24.3. The average Bonchev–Trinajstić information content (AvgIpc) is 3.61. The van der Waals surface area contributed by atoms with Gasteiger partial charge in [0.05, 0.1) is 23.6 Å². The van der Waals surface area contributed by atoms with Gasteiger partial charge < -0.3 is 14.4 Å². The molecule has 1 unspecified atom stereocenters. The fourth-order valence-corrected chi connectivity index (χ4v) is 6.18. The summed E-state index contributed by atoms with van der Waals surface area (Å²) in [6, 6.07) is 17.8. The van der Waals surface area contributed by atoms with Gasteiger partial charge >= 0.3 is 0 Å². The highest BCUT2D eigenvalue weighted by molar-refractivity contribution is 6.24. The molecule has 0 aromatic heterocycles. The van der Waals surface area contributed by atoms with Crippen LogP contribution in [0.15, 0.2) is 72.9 Å². The van der Waals surface area contributed by atoms with Crippen LogP contribution in [0.5, 0.6) is 11.5 Å². The van der Waals surface area contributed by atoms with Crippen LogP contribution >= 0.6 is 0 Å². The number of imide groups is 1. The Balaban J connectivity index is 1.34. The van der Waals surface area contributed by atoms with E-state index in [0.717, 1.165) is 11.1 Å². The molecule has 4 aliphatic rings. The molecule has 2 amide bonds. The highest BCUT2D eigenvalue weighted by atomic mass is 16.7. The molecule has 0 bridgehead atoms. The number of carbonyl (C=O) groups is 4. The van der Waals surface area contributed by atoms with Crippen molar-refractivity contribution in [1.82, 2.24) is 4.90 Å². The Morgan fingerprint density at radius 1 is 0.842 bits per heavy atom. The lowest BCUT2D eigenvalue weighted by molar-refractivity contribution is -0.123. The van der Waals surface area contributed by atoms with Gasteiger partial charge in [-0.15, -0.1) is 0 Å². The number of fused-ring (bicyclic) bond motifs is 6. The number of ketones is 2. The standard InChI is InChI=1S/C30H22N2O6/c1-16(33)17-6-9-20(10-7-17)32-29(35)24-25(30(32)36)27(28(34)19-8-11-22-23(14-19)38-15-37-22)31-13-12-18-4-2-3-5-21(18)26(24)31/h2-14,24-27H,15H2,1H3/t24-,25+,26?,27-/m0/s1. The number of hydrogen-bond donors (Lipinski definition) is 0. The molecule has 0 saturated carbocycles. The lowest BCUT2D eigenvalue weighted by Gasteiger charge is -2.35. The minimum Gasteiger partial charge on any atom is -0.454 e. The lowest BCUT2D eigenvalue weighted by Crippen LogP contribution is -2.44. The Morgan fingerprint density at radius 3 is 2.34 bits per heavy atom. The second kappa shape index (κ2) is 8.14. The molecule has 8 nitrogen and oxygen atoms in total. The number of carbonyl (C=O) groups excluding carboxylic acids is 4. The molecule has 8 heteroatoms. The molecule has 2 saturated heterocycles. The maximum Gasteiger partial charge on any atom is 0.240 e. The summed E-state index contributed by atoms with van der Waals surface area (Å²) in [4.78, 5) is 56.9. The summed E-state index contributed by atoms with van der Waals surface area (Å²) >= 11 is 0. The van der Waals surface area contributed by atoms with Crippen molar-refractivity contribution >= 4 is 35.1 Å². The Labute approximate surface area is 218 Å². The quantitative estimate of drug-likeness (QED) is 0.390. The van der Waals surface area contributed by atoms with Crippen LogP contribution in [0.3, 0.4) is 0 Å². The van der Waals surface area contributed by atoms with E-state index in [0.29, 0.717) is 28.3 Å². The fraction of sp³-hybridized carbons (Fsp3) is 0.200. The van der Waals surface area contributed by atoms with E-state index in [4.69, 9.17) is 9.47 Å². The molecule has 0 radical (unpaired) electrons. The molecule has 2 fully saturated rings. The van der Waals surface area contributed by atoms with Crippen molar-refractivity contribution in [3.8, 4) is 11.5 Å². The molecule has 4 aliphatic heterocycles. The summed E-state index contributed by atoms with van der Waals surface area (Å²) in [7, 11) is 0. The molecular formula is C30H22N2O6. The zero-order valence-corrected chi connectivity index (χ0v) is 20.4. The molecule has 7 rings (SSSR count). The maximum atomic E-state index is 14.1. The third-order valence-corrected chi connectivity index (χ3v) is 7.92. The summed E-state index contributed by atoms with van der Waals surface area (Å²) in [5, 5.41) is 0. The Bertz CT molecular complexity index is 1580. The van der Waals surface area contributed by atoms with Crippen LogP contribution in [0.2, 0.25) is 0 Å². The van der Waals surface area contributed by atoms with Crippen LogP contribution in [0.1, 0.15) is 44.8 Å². The van der Waals surface area contributed by atoms with E-state index < -0.39 is 29.8 Å². The van der Waals surface area contributed by atoms with Gasteiger partial charge in [0.15, 0.2) is 23.1 Å². The number of nitrogens with zero attached hydrogens (tertiary/aromatic N) is 2. The van der Waals surface area contributed by atoms with E-state index in [1.54, 1.807) is 42.5 Å². The van der Waals surface area contributed by atoms with Gasteiger partial charge in [-0.3, -0.25) is 19.2 Å². The van der Waals surface area contributed by atoms with Gasteiger partial charge in [0.25, 0.3) is 0 Å². The topological polar surface area (TPSA) is 93.2 Å². The average molecular weight is 507 g/mol. The minimum absolute atomic E-state index is 0.0825. The zero-order valence-electron chi connectivity index (χ0n) is 20.4. The number of Topliss-reactive ketones (excluding diaryl/α,β-unsaturated/α-hetero) is 2.